The van der Waals surface area contributed by atoms with Crippen LogP contribution in [0.15, 0.2) is 41.0 Å². The quantitative estimate of drug-likeness (QED) is 0.897. The highest BCUT2D eigenvalue weighted by atomic mass is 35.5. The SMILES string of the molecule is CCNC(c1ccco1)c1cc(F)ccc1Cl. The number of hydrogen-bond acceptors (Lipinski definition) is 2. The Labute approximate surface area is 104 Å². The molecule has 2 aromatic rings. The molecule has 0 saturated carbocycles. The van der Waals surface area contributed by atoms with E-state index in [0.717, 1.165) is 12.3 Å². The molecule has 0 spiro atoms. The predicted molar refractivity (Wildman–Crippen MR) is 65.6 cm³/mol. The molecular formula is C13H13ClFNO. The van der Waals surface area contributed by atoms with Gasteiger partial charge in [-0.2, -0.15) is 0 Å². The van der Waals surface area contributed by atoms with E-state index in [1.165, 1.54) is 12.1 Å². The molecule has 0 fully saturated rings. The topological polar surface area (TPSA) is 25.2 Å². The highest BCUT2D eigenvalue weighted by Crippen LogP contribution is 2.29. The van der Waals surface area contributed by atoms with Crippen molar-refractivity contribution >= 4 is 11.6 Å². The first kappa shape index (κ1) is 12.1. The van der Waals surface area contributed by atoms with E-state index in [2.05, 4.69) is 5.32 Å². The molecule has 4 heteroatoms. The van der Waals surface area contributed by atoms with E-state index in [4.69, 9.17) is 16.0 Å². The Bertz CT molecular complexity index is 484. The standard InChI is InChI=1S/C13H13ClFNO/c1-2-16-13(12-4-3-7-17-12)10-8-9(15)5-6-11(10)14/h3-8,13,16H,2H2,1H3. The summed E-state index contributed by atoms with van der Waals surface area (Å²) in [4.78, 5) is 0. The predicted octanol–water partition coefficient (Wildman–Crippen LogP) is 3.77. The minimum atomic E-state index is -0.307. The maximum absolute atomic E-state index is 13.3. The van der Waals surface area contributed by atoms with Crippen LogP contribution >= 0.6 is 11.6 Å². The van der Waals surface area contributed by atoms with Crippen LogP contribution in [0, 0.1) is 5.82 Å². The molecule has 0 amide bonds. The maximum atomic E-state index is 13.3. The third-order valence-electron chi connectivity index (χ3n) is 2.50. The Hall–Kier alpha value is -1.32. The molecule has 0 saturated heterocycles. The molecule has 1 aromatic carbocycles. The molecule has 2 nitrogen and oxygen atoms in total. The maximum Gasteiger partial charge on any atom is 0.125 e. The fraction of sp³-hybridized carbons (Fsp3) is 0.231. The number of halogens is 2. The van der Waals surface area contributed by atoms with E-state index in [1.54, 1.807) is 18.4 Å². The number of hydrogen-bond donors (Lipinski definition) is 1. The first-order chi connectivity index (χ1) is 8.22. The van der Waals surface area contributed by atoms with Crippen LogP contribution in [0.3, 0.4) is 0 Å². The minimum absolute atomic E-state index is 0.224. The molecule has 90 valence electrons. The molecule has 1 heterocycles. The molecule has 1 unspecified atom stereocenters. The van der Waals surface area contributed by atoms with Gasteiger partial charge in [-0.05, 0) is 42.4 Å². The molecular weight excluding hydrogens is 241 g/mol. The van der Waals surface area contributed by atoms with Crippen LogP contribution in [0.1, 0.15) is 24.3 Å². The van der Waals surface area contributed by atoms with Crippen molar-refractivity contribution < 1.29 is 8.81 Å². The second-order valence-electron chi connectivity index (χ2n) is 3.67. The summed E-state index contributed by atoms with van der Waals surface area (Å²) in [6.07, 6.45) is 1.59. The van der Waals surface area contributed by atoms with Gasteiger partial charge in [0, 0.05) is 5.02 Å². The van der Waals surface area contributed by atoms with Crippen LogP contribution in [0.4, 0.5) is 4.39 Å². The van der Waals surface area contributed by atoms with E-state index in [-0.39, 0.29) is 11.9 Å². The monoisotopic (exact) mass is 253 g/mol. The summed E-state index contributed by atoms with van der Waals surface area (Å²) in [6, 6.07) is 7.74. The molecule has 0 radical (unpaired) electrons. The fourth-order valence-electron chi connectivity index (χ4n) is 1.76. The molecule has 1 atom stereocenters. The lowest BCUT2D eigenvalue weighted by molar-refractivity contribution is 0.451. The van der Waals surface area contributed by atoms with Gasteiger partial charge in [0.1, 0.15) is 11.6 Å². The summed E-state index contributed by atoms with van der Waals surface area (Å²) in [5.41, 5.74) is 0.684. The zero-order valence-electron chi connectivity index (χ0n) is 9.41. The van der Waals surface area contributed by atoms with E-state index in [9.17, 15) is 4.39 Å². The highest BCUT2D eigenvalue weighted by Gasteiger charge is 2.19. The molecule has 0 aliphatic rings. The van der Waals surface area contributed by atoms with Gasteiger partial charge in [-0.15, -0.1) is 0 Å². The van der Waals surface area contributed by atoms with E-state index < -0.39 is 0 Å². The first-order valence-corrected chi connectivity index (χ1v) is 5.82. The Kier molecular flexibility index (Phi) is 3.82. The van der Waals surface area contributed by atoms with Gasteiger partial charge < -0.3 is 9.73 Å². The van der Waals surface area contributed by atoms with E-state index in [0.29, 0.717) is 10.6 Å². The van der Waals surface area contributed by atoms with Gasteiger partial charge >= 0.3 is 0 Å². The van der Waals surface area contributed by atoms with Crippen LogP contribution in [0.25, 0.3) is 0 Å². The minimum Gasteiger partial charge on any atom is -0.467 e. The summed E-state index contributed by atoms with van der Waals surface area (Å²) in [5.74, 6) is 0.415. The summed E-state index contributed by atoms with van der Waals surface area (Å²) in [7, 11) is 0. The number of benzene rings is 1. The van der Waals surface area contributed by atoms with Crippen molar-refractivity contribution in [3.63, 3.8) is 0 Å². The number of nitrogens with one attached hydrogen (secondary N) is 1. The Morgan fingerprint density at radius 3 is 2.88 bits per heavy atom. The molecule has 1 N–H and O–H groups in total. The third-order valence-corrected chi connectivity index (χ3v) is 2.85. The molecule has 0 aliphatic carbocycles. The van der Waals surface area contributed by atoms with Gasteiger partial charge in [-0.25, -0.2) is 4.39 Å². The lowest BCUT2D eigenvalue weighted by Crippen LogP contribution is -2.22. The summed E-state index contributed by atoms with van der Waals surface area (Å²) in [5, 5.41) is 3.75. The van der Waals surface area contributed by atoms with Crippen LogP contribution in [-0.4, -0.2) is 6.54 Å². The third kappa shape index (κ3) is 2.68. The van der Waals surface area contributed by atoms with Crippen molar-refractivity contribution in [2.75, 3.05) is 6.54 Å². The summed E-state index contributed by atoms with van der Waals surface area (Å²) in [6.45, 7) is 2.71. The smallest absolute Gasteiger partial charge is 0.125 e. The van der Waals surface area contributed by atoms with Crippen molar-refractivity contribution in [3.8, 4) is 0 Å². The zero-order chi connectivity index (χ0) is 12.3. The van der Waals surface area contributed by atoms with Crippen molar-refractivity contribution in [2.24, 2.45) is 0 Å². The van der Waals surface area contributed by atoms with Crippen molar-refractivity contribution in [1.82, 2.24) is 5.32 Å². The highest BCUT2D eigenvalue weighted by molar-refractivity contribution is 6.31. The Balaban J connectivity index is 2.42. The van der Waals surface area contributed by atoms with Gasteiger partial charge in [0.05, 0.1) is 12.3 Å². The van der Waals surface area contributed by atoms with Crippen LogP contribution in [0.5, 0.6) is 0 Å². The average molecular weight is 254 g/mol. The van der Waals surface area contributed by atoms with Crippen LogP contribution in [0.2, 0.25) is 5.02 Å². The normalized spacial score (nSPS) is 12.6. The summed E-state index contributed by atoms with van der Waals surface area (Å²) < 4.78 is 18.6. The molecule has 0 bridgehead atoms. The van der Waals surface area contributed by atoms with Gasteiger partial charge in [0.2, 0.25) is 0 Å². The van der Waals surface area contributed by atoms with Gasteiger partial charge in [0.15, 0.2) is 0 Å². The van der Waals surface area contributed by atoms with E-state index in [1.807, 2.05) is 13.0 Å². The van der Waals surface area contributed by atoms with Crippen LogP contribution < -0.4 is 5.32 Å². The second-order valence-corrected chi connectivity index (χ2v) is 4.08. The lowest BCUT2D eigenvalue weighted by atomic mass is 10.0. The zero-order valence-corrected chi connectivity index (χ0v) is 10.2. The number of rotatable bonds is 4. The van der Waals surface area contributed by atoms with Crippen molar-refractivity contribution in [1.29, 1.82) is 0 Å². The van der Waals surface area contributed by atoms with Gasteiger partial charge in [-0.1, -0.05) is 18.5 Å². The summed E-state index contributed by atoms with van der Waals surface area (Å²) >= 11 is 6.10. The largest absolute Gasteiger partial charge is 0.467 e. The molecule has 17 heavy (non-hydrogen) atoms. The van der Waals surface area contributed by atoms with Gasteiger partial charge in [0.25, 0.3) is 0 Å². The fourth-order valence-corrected chi connectivity index (χ4v) is 1.99. The lowest BCUT2D eigenvalue weighted by Gasteiger charge is -2.17. The van der Waals surface area contributed by atoms with Crippen LogP contribution in [-0.2, 0) is 0 Å². The average Bonchev–Trinajstić information content (AvgIpc) is 2.83. The second kappa shape index (κ2) is 5.34. The Morgan fingerprint density at radius 2 is 2.24 bits per heavy atom. The van der Waals surface area contributed by atoms with Gasteiger partial charge in [-0.3, -0.25) is 0 Å². The first-order valence-electron chi connectivity index (χ1n) is 5.44. The molecule has 0 aliphatic heterocycles. The van der Waals surface area contributed by atoms with Crippen molar-refractivity contribution in [2.45, 2.75) is 13.0 Å². The number of furan rings is 1. The Morgan fingerprint density at radius 1 is 1.41 bits per heavy atom. The van der Waals surface area contributed by atoms with E-state index >= 15 is 0 Å². The van der Waals surface area contributed by atoms with Crippen molar-refractivity contribution in [3.05, 3.63) is 58.8 Å². The molecule has 2 rings (SSSR count). The molecule has 1 aromatic heterocycles.